The van der Waals surface area contributed by atoms with Crippen LogP contribution < -0.4 is 5.73 Å². The summed E-state index contributed by atoms with van der Waals surface area (Å²) in [6.07, 6.45) is 0. The lowest BCUT2D eigenvalue weighted by Gasteiger charge is -2.22. The Bertz CT molecular complexity index is 354. The van der Waals surface area contributed by atoms with Gasteiger partial charge in [0.05, 0.1) is 12.6 Å². The molecule has 1 rings (SSSR count). The second kappa shape index (κ2) is 4.75. The highest BCUT2D eigenvalue weighted by atomic mass is 16.3. The number of carbonyl (C=O) groups is 1. The van der Waals surface area contributed by atoms with E-state index in [-0.39, 0.29) is 24.2 Å². The van der Waals surface area contributed by atoms with E-state index >= 15 is 0 Å². The fourth-order valence-corrected chi connectivity index (χ4v) is 1.07. The highest BCUT2D eigenvalue weighted by Gasteiger charge is 2.17. The lowest BCUT2D eigenvalue weighted by molar-refractivity contribution is 0.0676. The molecule has 82 valence electrons. The maximum absolute atomic E-state index is 11.8. The van der Waals surface area contributed by atoms with E-state index in [0.29, 0.717) is 5.82 Å². The van der Waals surface area contributed by atoms with Gasteiger partial charge in [0.2, 0.25) is 0 Å². The van der Waals surface area contributed by atoms with Crippen LogP contribution in [0.25, 0.3) is 0 Å². The molecule has 1 aromatic rings. The molecule has 1 aromatic heterocycles. The minimum Gasteiger partial charge on any atom is -0.394 e. The molecule has 0 bridgehead atoms. The molecule has 0 aliphatic rings. The predicted molar refractivity (Wildman–Crippen MR) is 57.3 cm³/mol. The van der Waals surface area contributed by atoms with Crippen LogP contribution in [-0.4, -0.2) is 40.6 Å². The molecule has 1 heterocycles. The number of amides is 1. The van der Waals surface area contributed by atoms with Crippen LogP contribution in [0.5, 0.6) is 0 Å². The molecule has 0 aromatic carbocycles. The molecule has 0 aliphatic carbocycles. The van der Waals surface area contributed by atoms with Crippen molar-refractivity contribution in [3.8, 4) is 0 Å². The number of hydrogen-bond acceptors (Lipinski definition) is 4. The Morgan fingerprint density at radius 1 is 1.67 bits per heavy atom. The highest BCUT2D eigenvalue weighted by Crippen LogP contribution is 2.06. The van der Waals surface area contributed by atoms with Crippen LogP contribution in [-0.2, 0) is 0 Å². The molecule has 3 N–H and O–H groups in total. The zero-order valence-electron chi connectivity index (χ0n) is 8.84. The normalized spacial score (nSPS) is 12.2. The van der Waals surface area contributed by atoms with E-state index in [1.54, 1.807) is 32.2 Å². The van der Waals surface area contributed by atoms with Crippen LogP contribution in [0, 0.1) is 0 Å². The number of anilines is 1. The first-order chi connectivity index (χ1) is 7.06. The first-order valence-electron chi connectivity index (χ1n) is 4.66. The summed E-state index contributed by atoms with van der Waals surface area (Å²) < 4.78 is 0. The number of aliphatic hydroxyl groups excluding tert-OH is 1. The van der Waals surface area contributed by atoms with Crippen LogP contribution in [0.4, 0.5) is 5.82 Å². The first kappa shape index (κ1) is 11.5. The quantitative estimate of drug-likeness (QED) is 0.740. The molecule has 0 saturated heterocycles. The third kappa shape index (κ3) is 2.66. The summed E-state index contributed by atoms with van der Waals surface area (Å²) in [7, 11) is 1.62. The molecular weight excluding hydrogens is 194 g/mol. The average molecular weight is 209 g/mol. The van der Waals surface area contributed by atoms with Crippen molar-refractivity contribution in [3.05, 3.63) is 23.9 Å². The molecule has 5 heteroatoms. The van der Waals surface area contributed by atoms with E-state index in [1.165, 1.54) is 4.90 Å². The zero-order valence-corrected chi connectivity index (χ0v) is 8.84. The van der Waals surface area contributed by atoms with Crippen molar-refractivity contribution in [2.45, 2.75) is 13.0 Å². The molecular formula is C10H15N3O2. The minimum atomic E-state index is -0.246. The van der Waals surface area contributed by atoms with Crippen molar-refractivity contribution in [1.82, 2.24) is 9.88 Å². The van der Waals surface area contributed by atoms with E-state index in [1.807, 2.05) is 0 Å². The van der Waals surface area contributed by atoms with Crippen LogP contribution in [0.1, 0.15) is 17.4 Å². The Balaban J connectivity index is 2.85. The van der Waals surface area contributed by atoms with Crippen LogP contribution in [0.3, 0.4) is 0 Å². The van der Waals surface area contributed by atoms with Crippen LogP contribution in [0.2, 0.25) is 0 Å². The fraction of sp³-hybridized carbons (Fsp3) is 0.400. The van der Waals surface area contributed by atoms with Gasteiger partial charge in [-0.25, -0.2) is 4.98 Å². The average Bonchev–Trinajstić information content (AvgIpc) is 2.26. The zero-order chi connectivity index (χ0) is 11.4. The van der Waals surface area contributed by atoms with Gasteiger partial charge < -0.3 is 15.7 Å². The second-order valence-electron chi connectivity index (χ2n) is 3.40. The summed E-state index contributed by atoms with van der Waals surface area (Å²) in [4.78, 5) is 17.1. The van der Waals surface area contributed by atoms with E-state index in [9.17, 15) is 4.79 Å². The number of hydrogen-bond donors (Lipinski definition) is 2. The number of nitrogens with two attached hydrogens (primary N) is 1. The van der Waals surface area contributed by atoms with E-state index in [4.69, 9.17) is 10.8 Å². The van der Waals surface area contributed by atoms with Crippen molar-refractivity contribution in [3.63, 3.8) is 0 Å². The summed E-state index contributed by atoms with van der Waals surface area (Å²) >= 11 is 0. The lowest BCUT2D eigenvalue weighted by atomic mass is 10.2. The number of rotatable bonds is 3. The molecule has 0 radical (unpaired) electrons. The van der Waals surface area contributed by atoms with Gasteiger partial charge in [-0.2, -0.15) is 0 Å². The van der Waals surface area contributed by atoms with Crippen molar-refractivity contribution in [2.24, 2.45) is 0 Å². The number of likely N-dealkylation sites (N-methyl/N-ethyl adjacent to an activating group) is 1. The first-order valence-corrected chi connectivity index (χ1v) is 4.66. The Morgan fingerprint density at radius 3 is 2.87 bits per heavy atom. The van der Waals surface area contributed by atoms with Crippen LogP contribution in [0.15, 0.2) is 18.2 Å². The Morgan fingerprint density at radius 2 is 2.33 bits per heavy atom. The number of carbonyl (C=O) groups excluding carboxylic acids is 1. The molecule has 0 fully saturated rings. The van der Waals surface area contributed by atoms with Gasteiger partial charge in [0.15, 0.2) is 0 Å². The van der Waals surface area contributed by atoms with Crippen LogP contribution >= 0.6 is 0 Å². The number of nitrogen functional groups attached to an aromatic ring is 1. The number of aliphatic hydroxyl groups is 1. The van der Waals surface area contributed by atoms with E-state index < -0.39 is 0 Å². The highest BCUT2D eigenvalue weighted by molar-refractivity contribution is 5.92. The monoisotopic (exact) mass is 209 g/mol. The fourth-order valence-electron chi connectivity index (χ4n) is 1.07. The van der Waals surface area contributed by atoms with Crippen molar-refractivity contribution in [1.29, 1.82) is 0 Å². The van der Waals surface area contributed by atoms with E-state index in [2.05, 4.69) is 4.98 Å². The standard InChI is InChI=1S/C10H15N3O2/c1-7(6-14)13(2)10(15)8-4-3-5-9(11)12-8/h3-5,7,14H,6H2,1-2H3,(H2,11,12). The number of pyridine rings is 1. The summed E-state index contributed by atoms with van der Waals surface area (Å²) in [5, 5.41) is 8.92. The largest absolute Gasteiger partial charge is 0.394 e. The third-order valence-electron chi connectivity index (χ3n) is 2.24. The molecule has 15 heavy (non-hydrogen) atoms. The van der Waals surface area contributed by atoms with Crippen molar-refractivity contribution < 1.29 is 9.90 Å². The van der Waals surface area contributed by atoms with Gasteiger partial charge in [0.1, 0.15) is 11.5 Å². The van der Waals surface area contributed by atoms with Gasteiger partial charge in [-0.3, -0.25) is 4.79 Å². The molecule has 1 atom stereocenters. The van der Waals surface area contributed by atoms with Gasteiger partial charge in [0, 0.05) is 7.05 Å². The maximum Gasteiger partial charge on any atom is 0.272 e. The summed E-state index contributed by atoms with van der Waals surface area (Å²) in [5.41, 5.74) is 5.76. The van der Waals surface area contributed by atoms with Gasteiger partial charge in [0.25, 0.3) is 5.91 Å². The molecule has 0 spiro atoms. The third-order valence-corrected chi connectivity index (χ3v) is 2.24. The number of nitrogens with zero attached hydrogens (tertiary/aromatic N) is 2. The summed E-state index contributed by atoms with van der Waals surface area (Å²) in [6, 6.07) is 4.65. The summed E-state index contributed by atoms with van der Waals surface area (Å²) in [6.45, 7) is 1.68. The molecule has 0 aliphatic heterocycles. The molecule has 1 unspecified atom stereocenters. The Labute approximate surface area is 88.5 Å². The minimum absolute atomic E-state index is 0.0788. The Hall–Kier alpha value is -1.62. The van der Waals surface area contributed by atoms with Gasteiger partial charge >= 0.3 is 0 Å². The Kier molecular flexibility index (Phi) is 3.62. The molecule has 1 amide bonds. The SMILES string of the molecule is CC(CO)N(C)C(=O)c1cccc(N)n1. The maximum atomic E-state index is 11.8. The molecule has 5 nitrogen and oxygen atoms in total. The predicted octanol–water partition coefficient (Wildman–Crippen LogP) is 0.117. The lowest BCUT2D eigenvalue weighted by Crippen LogP contribution is -2.37. The van der Waals surface area contributed by atoms with Crippen molar-refractivity contribution in [2.75, 3.05) is 19.4 Å². The topological polar surface area (TPSA) is 79.5 Å². The van der Waals surface area contributed by atoms with Gasteiger partial charge in [-0.05, 0) is 19.1 Å². The van der Waals surface area contributed by atoms with Gasteiger partial charge in [-0.1, -0.05) is 6.07 Å². The summed E-state index contributed by atoms with van der Waals surface area (Å²) in [5.74, 6) is 0.0646. The van der Waals surface area contributed by atoms with Crippen molar-refractivity contribution >= 4 is 11.7 Å². The second-order valence-corrected chi connectivity index (χ2v) is 3.40. The van der Waals surface area contributed by atoms with E-state index in [0.717, 1.165) is 0 Å². The smallest absolute Gasteiger partial charge is 0.272 e. The van der Waals surface area contributed by atoms with Gasteiger partial charge in [-0.15, -0.1) is 0 Å². The molecule has 0 saturated carbocycles. The number of aromatic nitrogens is 1.